The minimum absolute atomic E-state index is 0.0222. The number of carbonyl (C=O) groups excluding carboxylic acids is 2. The van der Waals surface area contributed by atoms with Gasteiger partial charge in [0.15, 0.2) is 0 Å². The Morgan fingerprint density at radius 3 is 2.33 bits per heavy atom. The predicted octanol–water partition coefficient (Wildman–Crippen LogP) is 2.27. The molecule has 0 aliphatic heterocycles. The van der Waals surface area contributed by atoms with E-state index in [4.69, 9.17) is 4.74 Å². The third-order valence-electron chi connectivity index (χ3n) is 3.64. The Morgan fingerprint density at radius 2 is 1.83 bits per heavy atom. The van der Waals surface area contributed by atoms with Crippen molar-refractivity contribution in [1.82, 2.24) is 5.32 Å². The summed E-state index contributed by atoms with van der Waals surface area (Å²) >= 11 is 0. The van der Waals surface area contributed by atoms with Gasteiger partial charge in [-0.1, -0.05) is 33.1 Å². The van der Waals surface area contributed by atoms with Crippen LogP contribution < -0.4 is 5.32 Å². The predicted molar refractivity (Wildman–Crippen MR) is 70.0 cm³/mol. The van der Waals surface area contributed by atoms with E-state index < -0.39 is 6.04 Å². The molecule has 1 aliphatic rings. The summed E-state index contributed by atoms with van der Waals surface area (Å²) in [5.74, 6) is 0.157. The Bertz CT molecular complexity index is 283. The molecule has 1 amide bonds. The molecule has 1 N–H and O–H groups in total. The maximum Gasteiger partial charge on any atom is 0.328 e. The lowest BCUT2D eigenvalue weighted by molar-refractivity contribution is -0.146. The maximum absolute atomic E-state index is 11.9. The topological polar surface area (TPSA) is 55.4 Å². The van der Waals surface area contributed by atoms with Gasteiger partial charge in [0.2, 0.25) is 5.91 Å². The summed E-state index contributed by atoms with van der Waals surface area (Å²) in [6.07, 6.45) is 6.55. The van der Waals surface area contributed by atoms with Crippen molar-refractivity contribution in [2.45, 2.75) is 58.4 Å². The number of carbonyl (C=O) groups is 2. The highest BCUT2D eigenvalue weighted by molar-refractivity contribution is 5.84. The first kappa shape index (κ1) is 15.0. The molecule has 4 nitrogen and oxygen atoms in total. The van der Waals surface area contributed by atoms with Crippen LogP contribution in [0.1, 0.15) is 52.4 Å². The first-order valence-corrected chi connectivity index (χ1v) is 6.91. The van der Waals surface area contributed by atoms with Crippen LogP contribution in [0.25, 0.3) is 0 Å². The number of methoxy groups -OCH3 is 1. The van der Waals surface area contributed by atoms with E-state index in [1.807, 2.05) is 13.8 Å². The van der Waals surface area contributed by atoms with Gasteiger partial charge in [0.05, 0.1) is 7.11 Å². The zero-order valence-electron chi connectivity index (χ0n) is 11.7. The van der Waals surface area contributed by atoms with Crippen LogP contribution in [0.3, 0.4) is 0 Å². The number of hydrogen-bond donors (Lipinski definition) is 1. The lowest BCUT2D eigenvalue weighted by Crippen LogP contribution is -2.45. The molecule has 1 rings (SSSR count). The van der Waals surface area contributed by atoms with Crippen LogP contribution in [0.2, 0.25) is 0 Å². The van der Waals surface area contributed by atoms with E-state index in [9.17, 15) is 9.59 Å². The van der Waals surface area contributed by atoms with Gasteiger partial charge in [-0.25, -0.2) is 4.79 Å². The highest BCUT2D eigenvalue weighted by Gasteiger charge is 2.26. The number of ether oxygens (including phenoxy) is 1. The molecule has 1 atom stereocenters. The second-order valence-electron chi connectivity index (χ2n) is 5.52. The van der Waals surface area contributed by atoms with Crippen LogP contribution in [-0.2, 0) is 14.3 Å². The second kappa shape index (κ2) is 7.39. The second-order valence-corrected chi connectivity index (χ2v) is 5.52. The molecule has 104 valence electrons. The molecule has 0 bridgehead atoms. The van der Waals surface area contributed by atoms with Gasteiger partial charge in [-0.05, 0) is 24.7 Å². The largest absolute Gasteiger partial charge is 0.467 e. The number of esters is 1. The van der Waals surface area contributed by atoms with Crippen molar-refractivity contribution in [3.63, 3.8) is 0 Å². The van der Waals surface area contributed by atoms with Gasteiger partial charge in [-0.2, -0.15) is 0 Å². The molecule has 0 aromatic heterocycles. The Kier molecular flexibility index (Phi) is 6.16. The molecule has 4 heteroatoms. The summed E-state index contributed by atoms with van der Waals surface area (Å²) in [6, 6.07) is -0.522. The summed E-state index contributed by atoms with van der Waals surface area (Å²) in [4.78, 5) is 23.5. The monoisotopic (exact) mass is 255 g/mol. The molecule has 1 saturated carbocycles. The van der Waals surface area contributed by atoms with Crippen molar-refractivity contribution in [3.05, 3.63) is 0 Å². The molecule has 0 aromatic rings. The van der Waals surface area contributed by atoms with Gasteiger partial charge >= 0.3 is 5.97 Å². The average Bonchev–Trinajstić information content (AvgIpc) is 2.36. The SMILES string of the molecule is COC(=O)C(NC(=O)CC1CCCCC1)C(C)C. The Hall–Kier alpha value is -1.06. The lowest BCUT2D eigenvalue weighted by atomic mass is 9.86. The molecule has 18 heavy (non-hydrogen) atoms. The van der Waals surface area contributed by atoms with Crippen LogP contribution in [0.5, 0.6) is 0 Å². The van der Waals surface area contributed by atoms with Crippen LogP contribution in [0, 0.1) is 11.8 Å². The molecular weight excluding hydrogens is 230 g/mol. The fourth-order valence-electron chi connectivity index (χ4n) is 2.51. The lowest BCUT2D eigenvalue weighted by Gasteiger charge is -2.24. The van der Waals surface area contributed by atoms with Crippen molar-refractivity contribution in [2.24, 2.45) is 11.8 Å². The Labute approximate surface area is 109 Å². The van der Waals surface area contributed by atoms with Crippen LogP contribution in [0.15, 0.2) is 0 Å². The summed E-state index contributed by atoms with van der Waals surface area (Å²) in [6.45, 7) is 3.81. The number of amides is 1. The number of hydrogen-bond acceptors (Lipinski definition) is 3. The maximum atomic E-state index is 11.9. The zero-order chi connectivity index (χ0) is 13.5. The molecule has 0 aromatic carbocycles. The van der Waals surface area contributed by atoms with E-state index in [-0.39, 0.29) is 17.8 Å². The molecule has 1 aliphatic carbocycles. The van der Waals surface area contributed by atoms with E-state index in [1.54, 1.807) is 0 Å². The van der Waals surface area contributed by atoms with E-state index >= 15 is 0 Å². The van der Waals surface area contributed by atoms with Crippen LogP contribution in [0.4, 0.5) is 0 Å². The summed E-state index contributed by atoms with van der Waals surface area (Å²) < 4.78 is 4.71. The fourth-order valence-corrected chi connectivity index (χ4v) is 2.51. The van der Waals surface area contributed by atoms with Crippen LogP contribution >= 0.6 is 0 Å². The van der Waals surface area contributed by atoms with E-state index in [1.165, 1.54) is 26.4 Å². The minimum atomic E-state index is -0.522. The number of rotatable bonds is 5. The smallest absolute Gasteiger partial charge is 0.328 e. The third-order valence-corrected chi connectivity index (χ3v) is 3.64. The molecule has 0 heterocycles. The van der Waals surface area contributed by atoms with Gasteiger partial charge < -0.3 is 10.1 Å². The van der Waals surface area contributed by atoms with Gasteiger partial charge in [0.1, 0.15) is 6.04 Å². The minimum Gasteiger partial charge on any atom is -0.467 e. The third kappa shape index (κ3) is 4.67. The Morgan fingerprint density at radius 1 is 1.22 bits per heavy atom. The van der Waals surface area contributed by atoms with Gasteiger partial charge in [0, 0.05) is 6.42 Å². The quantitative estimate of drug-likeness (QED) is 0.767. The fraction of sp³-hybridized carbons (Fsp3) is 0.857. The van der Waals surface area contributed by atoms with Gasteiger partial charge in [-0.3, -0.25) is 4.79 Å². The molecule has 0 spiro atoms. The van der Waals surface area contributed by atoms with Crippen molar-refractivity contribution < 1.29 is 14.3 Å². The van der Waals surface area contributed by atoms with Crippen LogP contribution in [-0.4, -0.2) is 25.0 Å². The Balaban J connectivity index is 2.42. The van der Waals surface area contributed by atoms with Gasteiger partial charge in [0.25, 0.3) is 0 Å². The molecule has 1 unspecified atom stereocenters. The highest BCUT2D eigenvalue weighted by atomic mass is 16.5. The normalized spacial score (nSPS) is 18.4. The molecule has 1 fully saturated rings. The average molecular weight is 255 g/mol. The summed E-state index contributed by atoms with van der Waals surface area (Å²) in [5, 5.41) is 2.80. The van der Waals surface area contributed by atoms with Crippen molar-refractivity contribution in [3.8, 4) is 0 Å². The van der Waals surface area contributed by atoms with Crippen molar-refractivity contribution in [2.75, 3.05) is 7.11 Å². The van der Waals surface area contributed by atoms with E-state index in [0.717, 1.165) is 12.8 Å². The summed E-state index contributed by atoms with van der Waals surface area (Å²) in [5.41, 5.74) is 0. The van der Waals surface area contributed by atoms with E-state index in [0.29, 0.717) is 12.3 Å². The first-order chi connectivity index (χ1) is 8.54. The van der Waals surface area contributed by atoms with Gasteiger partial charge in [-0.15, -0.1) is 0 Å². The highest BCUT2D eigenvalue weighted by Crippen LogP contribution is 2.26. The zero-order valence-corrected chi connectivity index (χ0v) is 11.7. The molecule has 0 saturated heterocycles. The van der Waals surface area contributed by atoms with Crippen molar-refractivity contribution in [1.29, 1.82) is 0 Å². The number of nitrogens with one attached hydrogen (secondary N) is 1. The van der Waals surface area contributed by atoms with Crippen molar-refractivity contribution >= 4 is 11.9 Å². The summed E-state index contributed by atoms with van der Waals surface area (Å²) in [7, 11) is 1.35. The standard InChI is InChI=1S/C14H25NO3/c1-10(2)13(14(17)18-3)15-12(16)9-11-7-5-4-6-8-11/h10-11,13H,4-9H2,1-3H3,(H,15,16). The molecular formula is C14H25NO3. The molecule has 0 radical (unpaired) electrons. The van der Waals surface area contributed by atoms with E-state index in [2.05, 4.69) is 5.32 Å². The first-order valence-electron chi connectivity index (χ1n) is 6.91.